The van der Waals surface area contributed by atoms with Gasteiger partial charge in [-0.05, 0) is 114 Å². The molecule has 12 rings (SSSR count). The van der Waals surface area contributed by atoms with Gasteiger partial charge in [-0.1, -0.05) is 184 Å². The van der Waals surface area contributed by atoms with E-state index in [1.165, 1.54) is 94.3 Å². The molecule has 9 aromatic carbocycles. The van der Waals surface area contributed by atoms with E-state index in [9.17, 15) is 0 Å². The summed E-state index contributed by atoms with van der Waals surface area (Å²) in [6, 6.07) is 75.0. The lowest BCUT2D eigenvalue weighted by Crippen LogP contribution is -2.26. The van der Waals surface area contributed by atoms with Gasteiger partial charge in [-0.15, -0.1) is 0 Å². The third-order valence-corrected chi connectivity index (χ3v) is 13.3. The lowest BCUT2D eigenvalue weighted by Gasteiger charge is -2.33. The first-order chi connectivity index (χ1) is 28.0. The Morgan fingerprint density at radius 2 is 0.807 bits per heavy atom. The number of rotatable bonds is 4. The van der Waals surface area contributed by atoms with Crippen LogP contribution in [0.3, 0.4) is 0 Å². The molecule has 0 saturated heterocycles. The number of benzene rings is 9. The van der Waals surface area contributed by atoms with Crippen molar-refractivity contribution < 1.29 is 0 Å². The number of hydrogen-bond donors (Lipinski definition) is 0. The average Bonchev–Trinajstić information content (AvgIpc) is 3.83. The minimum atomic E-state index is -0.456. The van der Waals surface area contributed by atoms with Gasteiger partial charge in [0.2, 0.25) is 0 Å². The minimum absolute atomic E-state index is 0.131. The molecule has 268 valence electrons. The number of anilines is 3. The lowest BCUT2D eigenvalue weighted by atomic mass is 9.70. The zero-order chi connectivity index (χ0) is 37.9. The van der Waals surface area contributed by atoms with Gasteiger partial charge >= 0.3 is 0 Å². The minimum Gasteiger partial charge on any atom is -0.310 e. The molecule has 0 radical (unpaired) electrons. The fourth-order valence-corrected chi connectivity index (χ4v) is 10.8. The molecule has 1 heteroatoms. The van der Waals surface area contributed by atoms with Crippen molar-refractivity contribution in [3.05, 3.63) is 234 Å². The van der Waals surface area contributed by atoms with E-state index in [4.69, 9.17) is 0 Å². The maximum absolute atomic E-state index is 2.55. The van der Waals surface area contributed by atoms with Crippen LogP contribution in [0.2, 0.25) is 0 Å². The molecule has 1 nitrogen and oxygen atoms in total. The van der Waals surface area contributed by atoms with Crippen LogP contribution in [0, 0.1) is 0 Å². The molecular formula is C56H39N. The van der Waals surface area contributed by atoms with Crippen LogP contribution in [0.1, 0.15) is 47.2 Å². The van der Waals surface area contributed by atoms with E-state index in [0.717, 1.165) is 11.4 Å². The Bertz CT molecular complexity index is 3050. The van der Waals surface area contributed by atoms with Crippen LogP contribution in [-0.4, -0.2) is 0 Å². The molecule has 3 aliphatic rings. The predicted octanol–water partition coefficient (Wildman–Crippen LogP) is 14.6. The molecule has 1 spiro atoms. The summed E-state index contributed by atoms with van der Waals surface area (Å²) in [5.41, 5.74) is 21.4. The summed E-state index contributed by atoms with van der Waals surface area (Å²) in [5, 5.41) is 2.51. The van der Waals surface area contributed by atoms with Gasteiger partial charge in [-0.3, -0.25) is 0 Å². The molecule has 9 aromatic rings. The van der Waals surface area contributed by atoms with E-state index in [-0.39, 0.29) is 5.41 Å². The molecule has 57 heavy (non-hydrogen) atoms. The highest BCUT2D eigenvalue weighted by Gasteiger charge is 2.52. The Balaban J connectivity index is 1.17. The molecule has 0 fully saturated rings. The second-order valence-corrected chi connectivity index (χ2v) is 16.4. The van der Waals surface area contributed by atoms with Gasteiger partial charge in [-0.25, -0.2) is 0 Å². The number of fused-ring (bicyclic) bond motifs is 15. The summed E-state index contributed by atoms with van der Waals surface area (Å²) in [5.74, 6) is 0. The van der Waals surface area contributed by atoms with Crippen molar-refractivity contribution in [1.29, 1.82) is 0 Å². The molecular weight excluding hydrogens is 687 g/mol. The molecule has 0 bridgehead atoms. The van der Waals surface area contributed by atoms with Crippen LogP contribution in [-0.2, 0) is 10.8 Å². The second-order valence-electron chi connectivity index (χ2n) is 16.4. The highest BCUT2D eigenvalue weighted by atomic mass is 15.1. The van der Waals surface area contributed by atoms with Crippen molar-refractivity contribution in [3.8, 4) is 44.5 Å². The highest BCUT2D eigenvalue weighted by Crippen LogP contribution is 2.65. The fourth-order valence-electron chi connectivity index (χ4n) is 10.8. The van der Waals surface area contributed by atoms with E-state index in [0.29, 0.717) is 0 Å². The summed E-state index contributed by atoms with van der Waals surface area (Å²) in [7, 11) is 0. The molecule has 0 amide bonds. The van der Waals surface area contributed by atoms with Crippen LogP contribution < -0.4 is 4.90 Å². The molecule has 0 unspecified atom stereocenters. The smallest absolute Gasteiger partial charge is 0.0726 e. The van der Waals surface area contributed by atoms with Gasteiger partial charge in [0.05, 0.1) is 11.1 Å². The van der Waals surface area contributed by atoms with Crippen molar-refractivity contribution in [3.63, 3.8) is 0 Å². The maximum Gasteiger partial charge on any atom is 0.0726 e. The quantitative estimate of drug-likeness (QED) is 0.175. The molecule has 0 aromatic heterocycles. The second kappa shape index (κ2) is 11.8. The Labute approximate surface area is 334 Å². The Morgan fingerprint density at radius 3 is 1.47 bits per heavy atom. The largest absolute Gasteiger partial charge is 0.310 e. The number of nitrogens with zero attached hydrogens (tertiary/aromatic N) is 1. The van der Waals surface area contributed by atoms with Gasteiger partial charge in [0, 0.05) is 22.2 Å². The summed E-state index contributed by atoms with van der Waals surface area (Å²) in [6.07, 6.45) is 0. The Morgan fingerprint density at radius 1 is 0.333 bits per heavy atom. The number of hydrogen-bond acceptors (Lipinski definition) is 1. The Hall–Kier alpha value is -6.96. The third-order valence-electron chi connectivity index (χ3n) is 13.3. The van der Waals surface area contributed by atoms with E-state index in [1.807, 2.05) is 0 Å². The first-order valence-electron chi connectivity index (χ1n) is 20.1. The molecule has 0 heterocycles. The van der Waals surface area contributed by atoms with Crippen LogP contribution in [0.5, 0.6) is 0 Å². The van der Waals surface area contributed by atoms with Crippen LogP contribution in [0.25, 0.3) is 55.3 Å². The first-order valence-corrected chi connectivity index (χ1v) is 20.1. The summed E-state index contributed by atoms with van der Waals surface area (Å²) >= 11 is 0. The summed E-state index contributed by atoms with van der Waals surface area (Å²) in [4.78, 5) is 2.53. The van der Waals surface area contributed by atoms with Crippen LogP contribution in [0.4, 0.5) is 17.1 Å². The molecule has 0 N–H and O–H groups in total. The molecule has 0 atom stereocenters. The monoisotopic (exact) mass is 725 g/mol. The van der Waals surface area contributed by atoms with E-state index < -0.39 is 5.41 Å². The third kappa shape index (κ3) is 4.29. The molecule has 0 aliphatic heterocycles. The van der Waals surface area contributed by atoms with Gasteiger partial charge in [0.1, 0.15) is 0 Å². The Kier molecular flexibility index (Phi) is 6.67. The average molecular weight is 726 g/mol. The zero-order valence-corrected chi connectivity index (χ0v) is 32.0. The van der Waals surface area contributed by atoms with Gasteiger partial charge in [0.25, 0.3) is 0 Å². The highest BCUT2D eigenvalue weighted by molar-refractivity contribution is 6.12. The van der Waals surface area contributed by atoms with E-state index in [1.54, 1.807) is 0 Å². The van der Waals surface area contributed by atoms with Crippen LogP contribution >= 0.6 is 0 Å². The summed E-state index contributed by atoms with van der Waals surface area (Å²) in [6.45, 7) is 4.75. The van der Waals surface area contributed by atoms with Crippen LogP contribution in [0.15, 0.2) is 200 Å². The topological polar surface area (TPSA) is 3.24 Å². The van der Waals surface area contributed by atoms with Crippen molar-refractivity contribution >= 4 is 27.8 Å². The first kappa shape index (κ1) is 32.3. The van der Waals surface area contributed by atoms with Crippen molar-refractivity contribution in [2.45, 2.75) is 24.7 Å². The lowest BCUT2D eigenvalue weighted by molar-refractivity contribution is 0.660. The van der Waals surface area contributed by atoms with E-state index in [2.05, 4.69) is 219 Å². The predicted molar refractivity (Wildman–Crippen MR) is 238 cm³/mol. The van der Waals surface area contributed by atoms with Crippen molar-refractivity contribution in [1.82, 2.24) is 0 Å². The fraction of sp³-hybridized carbons (Fsp3) is 0.0714. The van der Waals surface area contributed by atoms with E-state index >= 15 is 0 Å². The normalized spacial score (nSPS) is 14.4. The van der Waals surface area contributed by atoms with Crippen molar-refractivity contribution in [2.75, 3.05) is 4.90 Å². The summed E-state index contributed by atoms with van der Waals surface area (Å²) < 4.78 is 0. The van der Waals surface area contributed by atoms with Gasteiger partial charge in [0.15, 0.2) is 0 Å². The van der Waals surface area contributed by atoms with Crippen molar-refractivity contribution in [2.24, 2.45) is 0 Å². The zero-order valence-electron chi connectivity index (χ0n) is 32.0. The standard InChI is InChI=1S/C56H39N/c1-55(2)47-24-12-8-18-40(47)43-33-32-39(34-51(43)55)57(38-30-28-37(29-31-38)36-16-4-3-5-17-36)53-35-52-54(45-22-7-6-21-44(45)53)46-23-11-15-27-50(46)56(52)48-25-13-9-19-41(48)42-20-10-14-26-49(42)56/h3-35H,1-2H3. The molecule has 3 aliphatic carbocycles. The van der Waals surface area contributed by atoms with Gasteiger partial charge < -0.3 is 4.90 Å². The van der Waals surface area contributed by atoms with Gasteiger partial charge in [-0.2, -0.15) is 0 Å². The maximum atomic E-state index is 2.55. The SMILES string of the molecule is CC1(C)c2ccccc2-c2ccc(N(c3ccc(-c4ccccc4)cc3)c3cc4c(c5ccccc35)-c3ccccc3C43c4ccccc4-c4ccccc43)cc21. The molecule has 0 saturated carbocycles.